The number of halogens is 1. The highest BCUT2D eigenvalue weighted by Gasteiger charge is 2.59. The Hall–Kier alpha value is -1.56. The first-order valence-corrected chi connectivity index (χ1v) is 11.6. The van der Waals surface area contributed by atoms with Crippen molar-refractivity contribution in [1.82, 2.24) is 9.88 Å². The quantitative estimate of drug-likeness (QED) is 0.762. The van der Waals surface area contributed by atoms with Crippen LogP contribution in [0.25, 0.3) is 10.9 Å². The molecule has 5 atom stereocenters. The molecule has 5 fully saturated rings. The SMILES string of the molecule is CC(NC(=O)c1cn(C2COC2)c2cccc(Cl)c12)[C@@]12C[C@@H]3C[C@@H](C[C@@](O)(C3)C1)C2. The van der Waals surface area contributed by atoms with Crippen LogP contribution in [0.4, 0.5) is 0 Å². The largest absolute Gasteiger partial charge is 0.390 e. The topological polar surface area (TPSA) is 63.5 Å². The van der Waals surface area contributed by atoms with Gasteiger partial charge in [-0.2, -0.15) is 0 Å². The van der Waals surface area contributed by atoms with Crippen LogP contribution in [-0.2, 0) is 4.74 Å². The van der Waals surface area contributed by atoms with Crippen molar-refractivity contribution < 1.29 is 14.6 Å². The van der Waals surface area contributed by atoms with Gasteiger partial charge in [0.05, 0.1) is 41.0 Å². The van der Waals surface area contributed by atoms with Crippen molar-refractivity contribution >= 4 is 28.4 Å². The van der Waals surface area contributed by atoms with Crippen LogP contribution in [0.5, 0.6) is 0 Å². The highest BCUT2D eigenvalue weighted by atomic mass is 35.5. The number of carbonyl (C=O) groups is 1. The number of ether oxygens (including phenoxy) is 1. The van der Waals surface area contributed by atoms with E-state index in [2.05, 4.69) is 16.8 Å². The molecule has 1 aromatic carbocycles. The summed E-state index contributed by atoms with van der Waals surface area (Å²) in [5.74, 6) is 1.14. The van der Waals surface area contributed by atoms with Crippen molar-refractivity contribution in [3.63, 3.8) is 0 Å². The lowest BCUT2D eigenvalue weighted by Crippen LogP contribution is -2.61. The summed E-state index contributed by atoms with van der Waals surface area (Å²) < 4.78 is 7.51. The van der Waals surface area contributed by atoms with E-state index in [1.807, 2.05) is 24.4 Å². The molecule has 7 rings (SSSR count). The Morgan fingerprint density at radius 3 is 2.63 bits per heavy atom. The first-order chi connectivity index (χ1) is 14.4. The number of amides is 1. The van der Waals surface area contributed by atoms with Gasteiger partial charge in [0.1, 0.15) is 0 Å². The first-order valence-electron chi connectivity index (χ1n) is 11.3. The molecule has 1 aliphatic heterocycles. The number of carbonyl (C=O) groups excluding carboxylic acids is 1. The van der Waals surface area contributed by atoms with Gasteiger partial charge in [0.2, 0.25) is 0 Å². The Labute approximate surface area is 181 Å². The van der Waals surface area contributed by atoms with Gasteiger partial charge in [-0.05, 0) is 74.8 Å². The molecule has 2 aromatic rings. The Morgan fingerprint density at radius 1 is 1.27 bits per heavy atom. The maximum Gasteiger partial charge on any atom is 0.253 e. The van der Waals surface area contributed by atoms with Gasteiger partial charge >= 0.3 is 0 Å². The molecule has 4 bridgehead atoms. The minimum absolute atomic E-state index is 0.0124. The van der Waals surface area contributed by atoms with Gasteiger partial charge in [0, 0.05) is 17.6 Å². The van der Waals surface area contributed by atoms with Gasteiger partial charge in [-0.15, -0.1) is 0 Å². The number of nitrogens with zero attached hydrogens (tertiary/aromatic N) is 1. The summed E-state index contributed by atoms with van der Waals surface area (Å²) in [7, 11) is 0. The van der Waals surface area contributed by atoms with Crippen molar-refractivity contribution in [3.05, 3.63) is 35.0 Å². The molecule has 5 nitrogen and oxygen atoms in total. The number of fused-ring (bicyclic) bond motifs is 1. The van der Waals surface area contributed by atoms with Gasteiger partial charge in [0.15, 0.2) is 0 Å². The Kier molecular flexibility index (Phi) is 4.13. The number of rotatable bonds is 4. The predicted molar refractivity (Wildman–Crippen MR) is 116 cm³/mol. The highest BCUT2D eigenvalue weighted by molar-refractivity contribution is 6.36. The lowest BCUT2D eigenvalue weighted by Gasteiger charge is -2.62. The van der Waals surface area contributed by atoms with Gasteiger partial charge in [-0.25, -0.2) is 0 Å². The van der Waals surface area contributed by atoms with Gasteiger partial charge in [0.25, 0.3) is 5.91 Å². The molecule has 1 aromatic heterocycles. The average molecular weight is 429 g/mol. The molecule has 1 saturated heterocycles. The Bertz CT molecular complexity index is 1010. The third-order valence-electron chi connectivity index (χ3n) is 8.41. The first kappa shape index (κ1) is 19.1. The molecule has 0 radical (unpaired) electrons. The van der Waals surface area contributed by atoms with Crippen LogP contribution in [0.3, 0.4) is 0 Å². The molecule has 160 valence electrons. The highest BCUT2D eigenvalue weighted by Crippen LogP contribution is 2.62. The average Bonchev–Trinajstić information content (AvgIpc) is 2.99. The standard InChI is InChI=1S/C24H29ClN2O3/c1-14(23-6-15-5-16(7-23)9-24(29,8-15)13-23)26-22(28)18-10-27(17-11-30-12-17)20-4-2-3-19(25)21(18)20/h2-4,10,14-17,29H,5-9,11-13H2,1H3,(H,26,28)/t14?,15-,16+,23+,24-. The van der Waals surface area contributed by atoms with E-state index in [4.69, 9.17) is 16.3 Å². The monoisotopic (exact) mass is 428 g/mol. The minimum atomic E-state index is -0.521. The van der Waals surface area contributed by atoms with Crippen LogP contribution < -0.4 is 5.32 Å². The number of aromatic nitrogens is 1. The van der Waals surface area contributed by atoms with Crippen LogP contribution in [0.15, 0.2) is 24.4 Å². The molecule has 4 aliphatic carbocycles. The van der Waals surface area contributed by atoms with Crippen LogP contribution in [0.1, 0.15) is 61.8 Å². The molecule has 4 saturated carbocycles. The molecular formula is C24H29ClN2O3. The summed E-state index contributed by atoms with van der Waals surface area (Å²) >= 11 is 6.54. The number of hydrogen-bond acceptors (Lipinski definition) is 3. The van der Waals surface area contributed by atoms with E-state index in [1.54, 1.807) is 0 Å². The van der Waals surface area contributed by atoms with Crippen molar-refractivity contribution in [2.75, 3.05) is 13.2 Å². The summed E-state index contributed by atoms with van der Waals surface area (Å²) in [5.41, 5.74) is 1.11. The molecule has 5 aliphatic rings. The van der Waals surface area contributed by atoms with E-state index in [-0.39, 0.29) is 23.4 Å². The number of hydrogen-bond donors (Lipinski definition) is 2. The van der Waals surface area contributed by atoms with Crippen LogP contribution >= 0.6 is 11.6 Å². The predicted octanol–water partition coefficient (Wildman–Crippen LogP) is 4.32. The van der Waals surface area contributed by atoms with Crippen LogP contribution in [0.2, 0.25) is 5.02 Å². The number of aliphatic hydroxyl groups is 1. The maximum absolute atomic E-state index is 13.5. The second-order valence-corrected chi connectivity index (χ2v) is 10.9. The fourth-order valence-electron chi connectivity index (χ4n) is 7.34. The van der Waals surface area contributed by atoms with E-state index < -0.39 is 5.60 Å². The fourth-order valence-corrected chi connectivity index (χ4v) is 7.62. The third kappa shape index (κ3) is 2.78. The zero-order valence-electron chi connectivity index (χ0n) is 17.4. The molecule has 1 unspecified atom stereocenters. The van der Waals surface area contributed by atoms with Crippen molar-refractivity contribution in [2.24, 2.45) is 17.3 Å². The minimum Gasteiger partial charge on any atom is -0.390 e. The van der Waals surface area contributed by atoms with E-state index in [0.29, 0.717) is 35.6 Å². The zero-order chi connectivity index (χ0) is 20.7. The fraction of sp³-hybridized carbons (Fsp3) is 0.625. The molecule has 2 heterocycles. The van der Waals surface area contributed by atoms with Crippen LogP contribution in [0, 0.1) is 17.3 Å². The van der Waals surface area contributed by atoms with E-state index in [1.165, 1.54) is 6.42 Å². The number of nitrogens with one attached hydrogen (secondary N) is 1. The second kappa shape index (κ2) is 6.47. The summed E-state index contributed by atoms with van der Waals surface area (Å²) in [5, 5.41) is 15.8. The van der Waals surface area contributed by atoms with Gasteiger partial charge < -0.3 is 19.7 Å². The maximum atomic E-state index is 13.5. The van der Waals surface area contributed by atoms with Crippen LogP contribution in [-0.4, -0.2) is 40.4 Å². The van der Waals surface area contributed by atoms with Crippen molar-refractivity contribution in [2.45, 2.75) is 63.1 Å². The van der Waals surface area contributed by atoms with E-state index in [9.17, 15) is 9.90 Å². The summed E-state index contributed by atoms with van der Waals surface area (Å²) in [6.45, 7) is 3.46. The molecule has 30 heavy (non-hydrogen) atoms. The summed E-state index contributed by atoms with van der Waals surface area (Å²) in [6, 6.07) is 6.08. The van der Waals surface area contributed by atoms with E-state index >= 15 is 0 Å². The Balaban J connectivity index is 1.31. The smallest absolute Gasteiger partial charge is 0.253 e. The second-order valence-electron chi connectivity index (χ2n) is 10.5. The zero-order valence-corrected chi connectivity index (χ0v) is 18.1. The Morgan fingerprint density at radius 2 is 2.00 bits per heavy atom. The summed E-state index contributed by atoms with van der Waals surface area (Å²) in [6.07, 6.45) is 8.13. The van der Waals surface area contributed by atoms with Crippen molar-refractivity contribution in [1.29, 1.82) is 0 Å². The third-order valence-corrected chi connectivity index (χ3v) is 8.72. The molecular weight excluding hydrogens is 400 g/mol. The molecule has 1 amide bonds. The van der Waals surface area contributed by atoms with Crippen molar-refractivity contribution in [3.8, 4) is 0 Å². The molecule has 0 spiro atoms. The lowest BCUT2D eigenvalue weighted by molar-refractivity contribution is -0.171. The van der Waals surface area contributed by atoms with E-state index in [0.717, 1.165) is 43.0 Å². The molecule has 6 heteroatoms. The van der Waals surface area contributed by atoms with Gasteiger partial charge in [-0.3, -0.25) is 4.79 Å². The summed E-state index contributed by atoms with van der Waals surface area (Å²) in [4.78, 5) is 13.5. The lowest BCUT2D eigenvalue weighted by atomic mass is 9.46. The van der Waals surface area contributed by atoms with Gasteiger partial charge in [-0.1, -0.05) is 17.7 Å². The molecule has 2 N–H and O–H groups in total. The number of benzene rings is 1. The normalized spacial score (nSPS) is 36.1.